The van der Waals surface area contributed by atoms with E-state index in [2.05, 4.69) is 20.4 Å². The van der Waals surface area contributed by atoms with Gasteiger partial charge < -0.3 is 9.47 Å². The molecule has 1 atom stereocenters. The van der Waals surface area contributed by atoms with Crippen molar-refractivity contribution in [1.29, 1.82) is 0 Å². The van der Waals surface area contributed by atoms with Gasteiger partial charge in [-0.15, -0.1) is 0 Å². The van der Waals surface area contributed by atoms with Gasteiger partial charge in [-0.2, -0.15) is 0 Å². The van der Waals surface area contributed by atoms with Crippen molar-refractivity contribution in [2.24, 2.45) is 5.92 Å². The lowest BCUT2D eigenvalue weighted by molar-refractivity contribution is 0.0534. The fraction of sp³-hybridized carbons (Fsp3) is 0.500. The van der Waals surface area contributed by atoms with Gasteiger partial charge in [0.2, 0.25) is 0 Å². The van der Waals surface area contributed by atoms with E-state index in [1.165, 1.54) is 0 Å². The highest BCUT2D eigenvalue weighted by Crippen LogP contribution is 2.15. The Hall–Kier alpha value is -1.28. The van der Waals surface area contributed by atoms with Gasteiger partial charge in [-0.25, -0.2) is 0 Å². The molecule has 0 radical (unpaired) electrons. The van der Waals surface area contributed by atoms with Crippen LogP contribution in [-0.2, 0) is 4.74 Å². The van der Waals surface area contributed by atoms with E-state index in [4.69, 9.17) is 9.47 Å². The summed E-state index contributed by atoms with van der Waals surface area (Å²) in [5.74, 6) is 1.55. The molecule has 0 fully saturated rings. The van der Waals surface area contributed by atoms with Crippen molar-refractivity contribution in [2.75, 3.05) is 13.2 Å². The SMILES string of the molecule is C=Cc1cccc(OC(C)COCCC(C)C)c1. The molecule has 0 spiro atoms. The van der Waals surface area contributed by atoms with E-state index in [0.29, 0.717) is 12.5 Å². The largest absolute Gasteiger partial charge is 0.488 e. The minimum absolute atomic E-state index is 0.0669. The molecular formula is C16H24O2. The van der Waals surface area contributed by atoms with Crippen LogP contribution in [-0.4, -0.2) is 19.3 Å². The van der Waals surface area contributed by atoms with Crippen molar-refractivity contribution < 1.29 is 9.47 Å². The van der Waals surface area contributed by atoms with Gasteiger partial charge in [0.1, 0.15) is 11.9 Å². The second-order valence-corrected chi connectivity index (χ2v) is 4.96. The number of hydrogen-bond donors (Lipinski definition) is 0. The van der Waals surface area contributed by atoms with Gasteiger partial charge in [-0.3, -0.25) is 0 Å². The summed E-state index contributed by atoms with van der Waals surface area (Å²) >= 11 is 0. The van der Waals surface area contributed by atoms with E-state index in [1.54, 1.807) is 0 Å². The molecule has 0 heterocycles. The first-order valence-corrected chi connectivity index (χ1v) is 6.58. The van der Waals surface area contributed by atoms with Gasteiger partial charge in [0.05, 0.1) is 6.61 Å². The average molecular weight is 248 g/mol. The summed E-state index contributed by atoms with van der Waals surface area (Å²) in [4.78, 5) is 0. The first-order valence-electron chi connectivity index (χ1n) is 6.58. The van der Waals surface area contributed by atoms with Crippen LogP contribution in [0.2, 0.25) is 0 Å². The van der Waals surface area contributed by atoms with Crippen molar-refractivity contribution >= 4 is 6.08 Å². The zero-order valence-electron chi connectivity index (χ0n) is 11.7. The predicted octanol–water partition coefficient (Wildman–Crippen LogP) is 4.16. The van der Waals surface area contributed by atoms with Crippen LogP contribution in [0.3, 0.4) is 0 Å². The van der Waals surface area contributed by atoms with Gasteiger partial charge >= 0.3 is 0 Å². The number of ether oxygens (including phenoxy) is 2. The first-order chi connectivity index (χ1) is 8.61. The molecule has 1 aromatic carbocycles. The van der Waals surface area contributed by atoms with Gasteiger partial charge in [-0.1, -0.05) is 38.6 Å². The smallest absolute Gasteiger partial charge is 0.120 e. The third-order valence-electron chi connectivity index (χ3n) is 2.62. The molecular weight excluding hydrogens is 224 g/mol. The van der Waals surface area contributed by atoms with Crippen LogP contribution >= 0.6 is 0 Å². The van der Waals surface area contributed by atoms with E-state index >= 15 is 0 Å². The highest BCUT2D eigenvalue weighted by molar-refractivity contribution is 5.49. The van der Waals surface area contributed by atoms with Crippen molar-refractivity contribution in [3.63, 3.8) is 0 Å². The Balaban J connectivity index is 2.30. The van der Waals surface area contributed by atoms with Crippen LogP contribution in [0.4, 0.5) is 0 Å². The maximum atomic E-state index is 5.79. The van der Waals surface area contributed by atoms with E-state index in [-0.39, 0.29) is 6.10 Å². The average Bonchev–Trinajstić information content (AvgIpc) is 2.34. The fourth-order valence-corrected chi connectivity index (χ4v) is 1.55. The lowest BCUT2D eigenvalue weighted by Gasteiger charge is -2.15. The molecule has 0 N–H and O–H groups in total. The van der Waals surface area contributed by atoms with Gasteiger partial charge in [-0.05, 0) is 37.0 Å². The Morgan fingerprint density at radius 2 is 2.06 bits per heavy atom. The Kier molecular flexibility index (Phi) is 6.51. The van der Waals surface area contributed by atoms with Crippen LogP contribution in [0, 0.1) is 5.92 Å². The summed E-state index contributed by atoms with van der Waals surface area (Å²) in [6.07, 6.45) is 2.98. The van der Waals surface area contributed by atoms with Crippen LogP contribution in [0.1, 0.15) is 32.8 Å². The van der Waals surface area contributed by atoms with Gasteiger partial charge in [0.15, 0.2) is 0 Å². The maximum Gasteiger partial charge on any atom is 0.120 e. The number of hydrogen-bond acceptors (Lipinski definition) is 2. The third kappa shape index (κ3) is 5.87. The lowest BCUT2D eigenvalue weighted by atomic mass is 10.1. The molecule has 18 heavy (non-hydrogen) atoms. The zero-order chi connectivity index (χ0) is 13.4. The molecule has 0 aliphatic carbocycles. The van der Waals surface area contributed by atoms with Crippen molar-refractivity contribution in [2.45, 2.75) is 33.3 Å². The summed E-state index contributed by atoms with van der Waals surface area (Å²) in [7, 11) is 0. The summed E-state index contributed by atoms with van der Waals surface area (Å²) in [5.41, 5.74) is 1.07. The Morgan fingerprint density at radius 1 is 1.28 bits per heavy atom. The van der Waals surface area contributed by atoms with Crippen molar-refractivity contribution in [3.05, 3.63) is 36.4 Å². The van der Waals surface area contributed by atoms with Gasteiger partial charge in [0.25, 0.3) is 0 Å². The summed E-state index contributed by atoms with van der Waals surface area (Å²) in [6, 6.07) is 7.91. The maximum absolute atomic E-state index is 5.79. The number of rotatable bonds is 8. The number of benzene rings is 1. The molecule has 2 nitrogen and oxygen atoms in total. The minimum Gasteiger partial charge on any atom is -0.488 e. The third-order valence-corrected chi connectivity index (χ3v) is 2.62. The van der Waals surface area contributed by atoms with Crippen LogP contribution in [0.5, 0.6) is 5.75 Å². The normalized spacial score (nSPS) is 12.4. The van der Waals surface area contributed by atoms with Crippen LogP contribution < -0.4 is 4.74 Å². The quantitative estimate of drug-likeness (QED) is 0.643. The monoisotopic (exact) mass is 248 g/mol. The minimum atomic E-state index is 0.0669. The molecule has 0 aliphatic heterocycles. The highest BCUT2D eigenvalue weighted by Gasteiger charge is 2.04. The summed E-state index contributed by atoms with van der Waals surface area (Å²) < 4.78 is 11.4. The van der Waals surface area contributed by atoms with Gasteiger partial charge in [0, 0.05) is 6.61 Å². The topological polar surface area (TPSA) is 18.5 Å². The lowest BCUT2D eigenvalue weighted by Crippen LogP contribution is -2.19. The van der Waals surface area contributed by atoms with E-state index < -0.39 is 0 Å². The molecule has 0 saturated heterocycles. The standard InChI is InChI=1S/C16H24O2/c1-5-15-7-6-8-16(11-15)18-14(4)12-17-10-9-13(2)3/h5-8,11,13-14H,1,9-10,12H2,2-4H3. The summed E-state index contributed by atoms with van der Waals surface area (Å²) in [5, 5.41) is 0. The zero-order valence-corrected chi connectivity index (χ0v) is 11.7. The van der Waals surface area contributed by atoms with Crippen molar-refractivity contribution in [3.8, 4) is 5.75 Å². The molecule has 1 aromatic rings. The van der Waals surface area contributed by atoms with Crippen LogP contribution in [0.15, 0.2) is 30.8 Å². The molecule has 2 heteroatoms. The molecule has 0 aliphatic rings. The van der Waals surface area contributed by atoms with Crippen molar-refractivity contribution in [1.82, 2.24) is 0 Å². The Morgan fingerprint density at radius 3 is 2.72 bits per heavy atom. The molecule has 0 bridgehead atoms. The second kappa shape index (κ2) is 7.93. The predicted molar refractivity (Wildman–Crippen MR) is 76.9 cm³/mol. The van der Waals surface area contributed by atoms with Crippen LogP contribution in [0.25, 0.3) is 6.08 Å². The Bertz CT molecular complexity index is 358. The van der Waals surface area contributed by atoms with E-state index in [1.807, 2.05) is 37.3 Å². The molecule has 1 rings (SSSR count). The fourth-order valence-electron chi connectivity index (χ4n) is 1.55. The molecule has 0 amide bonds. The Labute approximate surface area is 111 Å². The summed E-state index contributed by atoms with van der Waals surface area (Å²) in [6.45, 7) is 11.6. The first kappa shape index (κ1) is 14.8. The molecule has 100 valence electrons. The molecule has 0 aromatic heterocycles. The van der Waals surface area contributed by atoms with E-state index in [0.717, 1.165) is 24.3 Å². The van der Waals surface area contributed by atoms with E-state index in [9.17, 15) is 0 Å². The highest BCUT2D eigenvalue weighted by atomic mass is 16.5. The second-order valence-electron chi connectivity index (χ2n) is 4.96. The molecule has 0 saturated carbocycles. The molecule has 1 unspecified atom stereocenters.